The third kappa shape index (κ3) is 11.2. The number of esters is 1. The number of allylic oxidation sites excluding steroid dienone is 1. The Morgan fingerprint density at radius 2 is 1.87 bits per heavy atom. The summed E-state index contributed by atoms with van der Waals surface area (Å²) in [7, 11) is 0. The molecule has 4 rings (SSSR count). The van der Waals surface area contributed by atoms with Crippen LogP contribution in [0.25, 0.3) is 0 Å². The van der Waals surface area contributed by atoms with E-state index in [1.54, 1.807) is 35.3 Å². The van der Waals surface area contributed by atoms with Gasteiger partial charge in [-0.15, -0.1) is 11.3 Å². The van der Waals surface area contributed by atoms with Gasteiger partial charge in [-0.25, -0.2) is 4.79 Å². The number of nitrogens with one attached hydrogen (secondary N) is 2. The number of non-ortho nitro benzene ring substituents is 1. The molecule has 0 spiro atoms. The standard InChI is InChI=1S/C28H34N4O6S.C2HF3O2/c1-2-38-27(34)17-23-16-21-18-31(14-11-25(21)39-23)28(35)24(15-20-3-6-22(7-4-20)32(36)37)30-26(33)8-5-19-9-12-29-13-10-19;3-2(4,5)1(6)7/h3-8,16,19,24,29H,2,9-15,17-18H2,1H3,(H,30,33);(H,6,7)/t24-;/m0./s1. The number of thiophene rings is 1. The molecule has 0 bridgehead atoms. The Bertz CT molecular complexity index is 1420. The van der Waals surface area contributed by atoms with Crippen molar-refractivity contribution >= 4 is 40.8 Å². The lowest BCUT2D eigenvalue weighted by molar-refractivity contribution is -0.384. The molecule has 250 valence electrons. The molecule has 3 N–H and O–H groups in total. The van der Waals surface area contributed by atoms with Gasteiger partial charge in [0.2, 0.25) is 11.8 Å². The maximum Gasteiger partial charge on any atom is 0.490 e. The minimum atomic E-state index is -5.08. The van der Waals surface area contributed by atoms with Gasteiger partial charge in [-0.1, -0.05) is 18.2 Å². The van der Waals surface area contributed by atoms with Crippen molar-refractivity contribution in [1.29, 1.82) is 0 Å². The Hall–Kier alpha value is -4.31. The van der Waals surface area contributed by atoms with Crippen LogP contribution in [-0.2, 0) is 49.7 Å². The minimum absolute atomic E-state index is 0.0322. The lowest BCUT2D eigenvalue weighted by Gasteiger charge is -2.31. The summed E-state index contributed by atoms with van der Waals surface area (Å²) < 4.78 is 36.8. The topological polar surface area (TPSA) is 168 Å². The highest BCUT2D eigenvalue weighted by Gasteiger charge is 2.38. The second kappa shape index (κ2) is 16.8. The molecule has 16 heteroatoms. The molecule has 2 aromatic rings. The van der Waals surface area contributed by atoms with Gasteiger partial charge in [-0.2, -0.15) is 13.2 Å². The highest BCUT2D eigenvalue weighted by atomic mass is 32.1. The summed E-state index contributed by atoms with van der Waals surface area (Å²) in [6.07, 6.45) is 1.36. The van der Waals surface area contributed by atoms with E-state index < -0.39 is 23.1 Å². The number of benzene rings is 1. The molecule has 1 fully saturated rings. The number of nitro benzene ring substituents is 1. The molecule has 12 nitrogen and oxygen atoms in total. The highest BCUT2D eigenvalue weighted by Crippen LogP contribution is 2.29. The maximum absolute atomic E-state index is 13.7. The second-order valence-corrected chi connectivity index (χ2v) is 11.8. The first-order chi connectivity index (χ1) is 21.8. The van der Waals surface area contributed by atoms with Crippen molar-refractivity contribution in [3.05, 3.63) is 73.5 Å². The van der Waals surface area contributed by atoms with Crippen LogP contribution in [0.3, 0.4) is 0 Å². The molecule has 2 aliphatic rings. The number of alkyl halides is 3. The number of nitro groups is 1. The SMILES string of the molecule is CCOC(=O)Cc1cc2c(s1)CCN(C(=O)[C@H](Cc1ccc([N+](=O)[O-])cc1)NC(=O)C=CC1CCNCC1)C2.O=C(O)C(F)(F)F. The molecule has 3 heterocycles. The number of carboxylic acid groups (broad SMARTS) is 1. The monoisotopic (exact) mass is 668 g/mol. The molecule has 1 saturated heterocycles. The van der Waals surface area contributed by atoms with Crippen LogP contribution in [0.4, 0.5) is 18.9 Å². The van der Waals surface area contributed by atoms with Crippen LogP contribution < -0.4 is 10.6 Å². The van der Waals surface area contributed by atoms with Crippen molar-refractivity contribution in [2.24, 2.45) is 5.92 Å². The lowest BCUT2D eigenvalue weighted by atomic mass is 9.97. The Morgan fingerprint density at radius 1 is 1.22 bits per heavy atom. The van der Waals surface area contributed by atoms with Crippen LogP contribution in [0, 0.1) is 16.0 Å². The molecule has 0 radical (unpaired) electrons. The van der Waals surface area contributed by atoms with Gasteiger partial charge in [0, 0.05) is 41.4 Å². The van der Waals surface area contributed by atoms with Crippen molar-refractivity contribution in [2.75, 3.05) is 26.2 Å². The Balaban J connectivity index is 0.000000738. The molecule has 1 aromatic carbocycles. The van der Waals surface area contributed by atoms with E-state index in [9.17, 15) is 37.7 Å². The number of rotatable bonds is 10. The first-order valence-corrected chi connectivity index (χ1v) is 15.4. The maximum atomic E-state index is 13.7. The van der Waals surface area contributed by atoms with Gasteiger partial charge in [-0.05, 0) is 68.5 Å². The highest BCUT2D eigenvalue weighted by molar-refractivity contribution is 7.12. The number of carbonyl (C=O) groups excluding carboxylic acids is 3. The number of ether oxygens (including phenoxy) is 1. The van der Waals surface area contributed by atoms with Gasteiger partial charge in [0.25, 0.3) is 5.69 Å². The molecule has 0 saturated carbocycles. The Kier molecular flexibility index (Phi) is 13.2. The van der Waals surface area contributed by atoms with Gasteiger partial charge in [-0.3, -0.25) is 24.5 Å². The number of nitrogens with zero attached hydrogens (tertiary/aromatic N) is 2. The van der Waals surface area contributed by atoms with Crippen molar-refractivity contribution in [3.8, 4) is 0 Å². The van der Waals surface area contributed by atoms with Crippen molar-refractivity contribution in [1.82, 2.24) is 15.5 Å². The van der Waals surface area contributed by atoms with E-state index in [0.717, 1.165) is 41.2 Å². The van der Waals surface area contributed by atoms with Gasteiger partial charge in [0.05, 0.1) is 18.0 Å². The van der Waals surface area contributed by atoms with Crippen LogP contribution >= 0.6 is 11.3 Å². The zero-order valence-corrected chi connectivity index (χ0v) is 25.8. The van der Waals surface area contributed by atoms with Gasteiger partial charge in [0.1, 0.15) is 6.04 Å². The van der Waals surface area contributed by atoms with E-state index in [-0.39, 0.29) is 36.3 Å². The number of carboxylic acids is 1. The summed E-state index contributed by atoms with van der Waals surface area (Å²) in [5.74, 6) is -3.25. The summed E-state index contributed by atoms with van der Waals surface area (Å²) in [5, 5.41) is 24.3. The van der Waals surface area contributed by atoms with Crippen LogP contribution in [0.1, 0.15) is 40.6 Å². The Morgan fingerprint density at radius 3 is 2.46 bits per heavy atom. The summed E-state index contributed by atoms with van der Waals surface area (Å²) in [6.45, 7) is 4.84. The fourth-order valence-corrected chi connectivity index (χ4v) is 6.07. The summed E-state index contributed by atoms with van der Waals surface area (Å²) >= 11 is 1.57. The van der Waals surface area contributed by atoms with Crippen molar-refractivity contribution in [3.63, 3.8) is 0 Å². The number of piperidine rings is 1. The Labute approximate surface area is 266 Å². The molecular formula is C30H35F3N4O8S. The molecule has 2 amide bonds. The second-order valence-electron chi connectivity index (χ2n) is 10.6. The van der Waals surface area contributed by atoms with Crippen molar-refractivity contribution < 1.29 is 47.1 Å². The summed E-state index contributed by atoms with van der Waals surface area (Å²) in [5.41, 5.74) is 1.69. The average Bonchev–Trinajstić information content (AvgIpc) is 3.41. The van der Waals surface area contributed by atoms with E-state index >= 15 is 0 Å². The zero-order valence-electron chi connectivity index (χ0n) is 25.0. The van der Waals surface area contributed by atoms with Gasteiger partial charge in [0.15, 0.2) is 0 Å². The van der Waals surface area contributed by atoms with Gasteiger partial charge < -0.3 is 25.4 Å². The molecule has 2 aliphatic heterocycles. The first-order valence-electron chi connectivity index (χ1n) is 14.5. The first kappa shape index (κ1) is 36.2. The number of fused-ring (bicyclic) bond motifs is 1. The fourth-order valence-electron chi connectivity index (χ4n) is 4.91. The molecule has 46 heavy (non-hydrogen) atoms. The largest absolute Gasteiger partial charge is 0.490 e. The molecular weight excluding hydrogens is 633 g/mol. The quantitative estimate of drug-likeness (QED) is 0.148. The summed E-state index contributed by atoms with van der Waals surface area (Å²) in [6, 6.07) is 7.17. The van der Waals surface area contributed by atoms with Crippen LogP contribution in [0.2, 0.25) is 0 Å². The third-order valence-electron chi connectivity index (χ3n) is 7.20. The fraction of sp³-hybridized carbons (Fsp3) is 0.467. The van der Waals surface area contributed by atoms with Crippen molar-refractivity contribution in [2.45, 2.75) is 57.8 Å². The normalized spacial score (nSPS) is 15.7. The number of carbonyl (C=O) groups is 4. The van der Waals surface area contributed by atoms with Gasteiger partial charge >= 0.3 is 18.1 Å². The number of amides is 2. The number of halogens is 3. The predicted molar refractivity (Wildman–Crippen MR) is 161 cm³/mol. The molecule has 1 atom stereocenters. The van der Waals surface area contributed by atoms with Crippen LogP contribution in [0.15, 0.2) is 42.5 Å². The molecule has 1 aromatic heterocycles. The van der Waals surface area contributed by atoms with E-state index in [1.807, 2.05) is 12.1 Å². The smallest absolute Gasteiger partial charge is 0.475 e. The van der Waals surface area contributed by atoms with E-state index in [4.69, 9.17) is 14.6 Å². The van der Waals surface area contributed by atoms with Crippen LogP contribution in [-0.4, -0.2) is 77.1 Å². The van der Waals surface area contributed by atoms with E-state index in [1.165, 1.54) is 18.2 Å². The number of hydrogen-bond acceptors (Lipinski definition) is 9. The molecule has 0 unspecified atom stereocenters. The van der Waals surface area contributed by atoms with E-state index in [2.05, 4.69) is 10.6 Å². The van der Waals surface area contributed by atoms with E-state index in [0.29, 0.717) is 37.6 Å². The number of hydrogen-bond donors (Lipinski definition) is 3. The zero-order chi connectivity index (χ0) is 33.9. The third-order valence-corrected chi connectivity index (χ3v) is 8.44. The van der Waals surface area contributed by atoms with Crippen LogP contribution in [0.5, 0.6) is 0 Å². The predicted octanol–water partition coefficient (Wildman–Crippen LogP) is 3.56. The molecule has 0 aliphatic carbocycles. The lowest BCUT2D eigenvalue weighted by Crippen LogP contribution is -2.50. The number of aliphatic carboxylic acids is 1. The minimum Gasteiger partial charge on any atom is -0.475 e. The average molecular weight is 669 g/mol. The summed E-state index contributed by atoms with van der Waals surface area (Å²) in [4.78, 5) is 61.7.